The Hall–Kier alpha value is -1.61. The third-order valence-electron chi connectivity index (χ3n) is 2.34. The summed E-state index contributed by atoms with van der Waals surface area (Å²) in [4.78, 5) is 0. The molecule has 2 nitrogen and oxygen atoms in total. The highest BCUT2D eigenvalue weighted by atomic mass is 19.1. The Morgan fingerprint density at radius 3 is 2.80 bits per heavy atom. The second-order valence-electron chi connectivity index (χ2n) is 3.52. The summed E-state index contributed by atoms with van der Waals surface area (Å²) in [5, 5.41) is 0. The molecular formula is C12H12FNO. The Bertz CT molecular complexity index is 451. The van der Waals surface area contributed by atoms with Crippen LogP contribution in [0.15, 0.2) is 41.0 Å². The third-order valence-corrected chi connectivity index (χ3v) is 2.34. The normalized spacial score (nSPS) is 12.7. The van der Waals surface area contributed by atoms with Crippen LogP contribution in [0.5, 0.6) is 0 Å². The molecule has 2 N–H and O–H groups in total. The number of hydrogen-bond donors (Lipinski definition) is 1. The molecular weight excluding hydrogens is 193 g/mol. The Morgan fingerprint density at radius 2 is 2.13 bits per heavy atom. The maximum absolute atomic E-state index is 13.5. The average molecular weight is 205 g/mol. The molecule has 1 aromatic carbocycles. The highest BCUT2D eigenvalue weighted by Gasteiger charge is 2.15. The lowest BCUT2D eigenvalue weighted by Gasteiger charge is -2.10. The first-order valence-corrected chi connectivity index (χ1v) is 4.73. The van der Waals surface area contributed by atoms with E-state index in [1.807, 2.05) is 6.92 Å². The topological polar surface area (TPSA) is 39.2 Å². The molecule has 0 saturated carbocycles. The van der Waals surface area contributed by atoms with E-state index in [2.05, 4.69) is 0 Å². The largest absolute Gasteiger partial charge is 0.467 e. The minimum absolute atomic E-state index is 0.301. The minimum Gasteiger partial charge on any atom is -0.467 e. The maximum atomic E-state index is 13.5. The van der Waals surface area contributed by atoms with Crippen molar-refractivity contribution in [3.8, 4) is 0 Å². The zero-order valence-corrected chi connectivity index (χ0v) is 8.41. The van der Waals surface area contributed by atoms with Gasteiger partial charge in [0.05, 0.1) is 12.3 Å². The van der Waals surface area contributed by atoms with Crippen LogP contribution in [0.2, 0.25) is 0 Å². The lowest BCUT2D eigenvalue weighted by atomic mass is 10.0. The van der Waals surface area contributed by atoms with Crippen LogP contribution in [0, 0.1) is 12.7 Å². The summed E-state index contributed by atoms with van der Waals surface area (Å²) in [5.74, 6) is 0.268. The van der Waals surface area contributed by atoms with E-state index < -0.39 is 6.04 Å². The minimum atomic E-state index is -0.542. The molecule has 0 fully saturated rings. The first-order valence-electron chi connectivity index (χ1n) is 4.73. The van der Waals surface area contributed by atoms with Gasteiger partial charge in [0.15, 0.2) is 0 Å². The van der Waals surface area contributed by atoms with E-state index in [9.17, 15) is 4.39 Å². The van der Waals surface area contributed by atoms with Crippen LogP contribution < -0.4 is 5.73 Å². The molecule has 78 valence electrons. The van der Waals surface area contributed by atoms with Gasteiger partial charge in [-0.2, -0.15) is 0 Å². The van der Waals surface area contributed by atoms with Crippen LogP contribution in [0.25, 0.3) is 0 Å². The molecule has 1 atom stereocenters. The van der Waals surface area contributed by atoms with Crippen molar-refractivity contribution in [1.29, 1.82) is 0 Å². The van der Waals surface area contributed by atoms with Gasteiger partial charge < -0.3 is 10.2 Å². The molecule has 0 saturated heterocycles. The summed E-state index contributed by atoms with van der Waals surface area (Å²) in [5.41, 5.74) is 7.34. The SMILES string of the molecule is Cc1ccc(F)c(C(N)c2ccco2)c1. The summed E-state index contributed by atoms with van der Waals surface area (Å²) in [6.07, 6.45) is 1.53. The zero-order chi connectivity index (χ0) is 10.8. The Morgan fingerprint density at radius 1 is 1.33 bits per heavy atom. The van der Waals surface area contributed by atoms with E-state index in [1.165, 1.54) is 12.3 Å². The first kappa shape index (κ1) is 9.93. The van der Waals surface area contributed by atoms with Crippen molar-refractivity contribution in [2.45, 2.75) is 13.0 Å². The van der Waals surface area contributed by atoms with E-state index in [-0.39, 0.29) is 5.82 Å². The van der Waals surface area contributed by atoms with Gasteiger partial charge in [0.25, 0.3) is 0 Å². The third kappa shape index (κ3) is 1.92. The van der Waals surface area contributed by atoms with E-state index in [0.29, 0.717) is 11.3 Å². The number of aryl methyl sites for hydroxylation is 1. The van der Waals surface area contributed by atoms with Gasteiger partial charge in [0.2, 0.25) is 0 Å². The van der Waals surface area contributed by atoms with Crippen molar-refractivity contribution in [1.82, 2.24) is 0 Å². The zero-order valence-electron chi connectivity index (χ0n) is 8.41. The summed E-state index contributed by atoms with van der Waals surface area (Å²) in [6.45, 7) is 1.90. The summed E-state index contributed by atoms with van der Waals surface area (Å²) >= 11 is 0. The Kier molecular flexibility index (Phi) is 2.56. The van der Waals surface area contributed by atoms with Crippen LogP contribution in [0.3, 0.4) is 0 Å². The summed E-state index contributed by atoms with van der Waals surface area (Å²) < 4.78 is 18.6. The molecule has 3 heteroatoms. The molecule has 0 radical (unpaired) electrons. The number of furan rings is 1. The van der Waals surface area contributed by atoms with Crippen molar-refractivity contribution in [3.05, 3.63) is 59.3 Å². The van der Waals surface area contributed by atoms with Gasteiger partial charge in [0.1, 0.15) is 11.6 Å². The lowest BCUT2D eigenvalue weighted by Crippen LogP contribution is -2.12. The van der Waals surface area contributed by atoms with Crippen molar-refractivity contribution >= 4 is 0 Å². The summed E-state index contributed by atoms with van der Waals surface area (Å²) in [6, 6.07) is 7.82. The Labute approximate surface area is 87.5 Å². The molecule has 0 aliphatic carbocycles. The van der Waals surface area contributed by atoms with Crippen LogP contribution in [0.4, 0.5) is 4.39 Å². The van der Waals surface area contributed by atoms with E-state index in [4.69, 9.17) is 10.2 Å². The first-order chi connectivity index (χ1) is 7.18. The highest BCUT2D eigenvalue weighted by molar-refractivity contribution is 5.31. The van der Waals surface area contributed by atoms with Crippen LogP contribution in [0.1, 0.15) is 22.9 Å². The predicted molar refractivity (Wildman–Crippen MR) is 55.9 cm³/mol. The van der Waals surface area contributed by atoms with Gasteiger partial charge in [-0.3, -0.25) is 0 Å². The molecule has 1 aromatic heterocycles. The molecule has 1 heterocycles. The van der Waals surface area contributed by atoms with E-state index in [0.717, 1.165) is 5.56 Å². The molecule has 2 aromatic rings. The van der Waals surface area contributed by atoms with Crippen LogP contribution in [-0.4, -0.2) is 0 Å². The molecule has 0 aliphatic rings. The van der Waals surface area contributed by atoms with Crippen molar-refractivity contribution in [2.75, 3.05) is 0 Å². The predicted octanol–water partition coefficient (Wildman–Crippen LogP) is 2.78. The fourth-order valence-electron chi connectivity index (χ4n) is 1.52. The smallest absolute Gasteiger partial charge is 0.128 e. The van der Waals surface area contributed by atoms with Crippen LogP contribution >= 0.6 is 0 Å². The lowest BCUT2D eigenvalue weighted by molar-refractivity contribution is 0.480. The number of halogens is 1. The van der Waals surface area contributed by atoms with Gasteiger partial charge in [-0.25, -0.2) is 4.39 Å². The number of hydrogen-bond acceptors (Lipinski definition) is 2. The van der Waals surface area contributed by atoms with E-state index in [1.54, 1.807) is 24.3 Å². The number of rotatable bonds is 2. The monoisotopic (exact) mass is 205 g/mol. The molecule has 15 heavy (non-hydrogen) atoms. The summed E-state index contributed by atoms with van der Waals surface area (Å²) in [7, 11) is 0. The maximum Gasteiger partial charge on any atom is 0.128 e. The van der Waals surface area contributed by atoms with Crippen molar-refractivity contribution < 1.29 is 8.81 Å². The molecule has 0 spiro atoms. The Balaban J connectivity index is 2.41. The van der Waals surface area contributed by atoms with Gasteiger partial charge in [0, 0.05) is 5.56 Å². The fraction of sp³-hybridized carbons (Fsp3) is 0.167. The quantitative estimate of drug-likeness (QED) is 0.818. The molecule has 0 amide bonds. The highest BCUT2D eigenvalue weighted by Crippen LogP contribution is 2.23. The van der Waals surface area contributed by atoms with Gasteiger partial charge >= 0.3 is 0 Å². The standard InChI is InChI=1S/C12H12FNO/c1-8-4-5-10(13)9(7-8)12(14)11-3-2-6-15-11/h2-7,12H,14H2,1H3. The average Bonchev–Trinajstić information content (AvgIpc) is 2.74. The van der Waals surface area contributed by atoms with Gasteiger partial charge in [-0.1, -0.05) is 17.7 Å². The second kappa shape index (κ2) is 3.87. The van der Waals surface area contributed by atoms with Crippen molar-refractivity contribution in [2.24, 2.45) is 5.73 Å². The second-order valence-corrected chi connectivity index (χ2v) is 3.52. The van der Waals surface area contributed by atoms with Crippen molar-refractivity contribution in [3.63, 3.8) is 0 Å². The number of benzene rings is 1. The molecule has 0 bridgehead atoms. The van der Waals surface area contributed by atoms with Crippen LogP contribution in [-0.2, 0) is 0 Å². The van der Waals surface area contributed by atoms with Gasteiger partial charge in [-0.05, 0) is 25.1 Å². The molecule has 2 rings (SSSR count). The fourth-order valence-corrected chi connectivity index (χ4v) is 1.52. The van der Waals surface area contributed by atoms with E-state index >= 15 is 0 Å². The number of nitrogens with two attached hydrogens (primary N) is 1. The molecule has 1 unspecified atom stereocenters. The van der Waals surface area contributed by atoms with Gasteiger partial charge in [-0.15, -0.1) is 0 Å². The molecule has 0 aliphatic heterocycles.